The Morgan fingerprint density at radius 1 is 1.20 bits per heavy atom. The number of rotatable bonds is 6. The molecule has 108 valence electrons. The normalized spacial score (nSPS) is 12.6. The predicted octanol–water partition coefficient (Wildman–Crippen LogP) is 3.71. The van der Waals surface area contributed by atoms with Gasteiger partial charge >= 0.3 is 0 Å². The summed E-state index contributed by atoms with van der Waals surface area (Å²) in [6.07, 6.45) is 4.28. The molecule has 3 heteroatoms. The minimum absolute atomic E-state index is 0.401. The van der Waals surface area contributed by atoms with Gasteiger partial charge in [-0.15, -0.1) is 0 Å². The first-order chi connectivity index (χ1) is 9.65. The van der Waals surface area contributed by atoms with E-state index in [0.717, 1.165) is 19.4 Å². The number of hydrogen-bond acceptors (Lipinski definition) is 2. The maximum atomic E-state index is 4.57. The van der Waals surface area contributed by atoms with Crippen molar-refractivity contribution in [3.05, 3.63) is 41.7 Å². The van der Waals surface area contributed by atoms with E-state index in [-0.39, 0.29) is 0 Å². The average Bonchev–Trinajstić information content (AvgIpc) is 2.81. The van der Waals surface area contributed by atoms with Crippen LogP contribution in [-0.4, -0.2) is 16.3 Å². The van der Waals surface area contributed by atoms with Crippen LogP contribution in [0.5, 0.6) is 0 Å². The molecule has 0 amide bonds. The minimum atomic E-state index is 0.401. The molecule has 1 aromatic heterocycles. The highest BCUT2D eigenvalue weighted by atomic mass is 15.2. The topological polar surface area (TPSA) is 29.9 Å². The summed E-state index contributed by atoms with van der Waals surface area (Å²) in [6.45, 7) is 7.52. The Balaban J connectivity index is 2.25. The highest BCUT2D eigenvalue weighted by Crippen LogP contribution is 2.25. The van der Waals surface area contributed by atoms with Gasteiger partial charge in [-0.3, -0.25) is 4.68 Å². The second-order valence-corrected chi connectivity index (χ2v) is 5.31. The first-order valence-electron chi connectivity index (χ1n) is 7.52. The largest absolute Gasteiger partial charge is 0.310 e. The Hall–Kier alpha value is -1.61. The Bertz CT molecular complexity index is 540. The minimum Gasteiger partial charge on any atom is -0.310 e. The molecule has 1 aromatic carbocycles. The quantitative estimate of drug-likeness (QED) is 0.868. The molecular weight excluding hydrogens is 246 g/mol. The number of nitrogens with zero attached hydrogens (tertiary/aromatic N) is 2. The van der Waals surface area contributed by atoms with Gasteiger partial charge in [-0.25, -0.2) is 0 Å². The zero-order valence-corrected chi connectivity index (χ0v) is 13.0. The van der Waals surface area contributed by atoms with Gasteiger partial charge in [-0.2, -0.15) is 5.10 Å². The first kappa shape index (κ1) is 14.8. The molecule has 3 nitrogen and oxygen atoms in total. The maximum Gasteiger partial charge on any atom is 0.0702 e. The summed E-state index contributed by atoms with van der Waals surface area (Å²) >= 11 is 0. The zero-order valence-electron chi connectivity index (χ0n) is 13.0. The fourth-order valence-electron chi connectivity index (χ4n) is 2.57. The van der Waals surface area contributed by atoms with E-state index in [9.17, 15) is 0 Å². The van der Waals surface area contributed by atoms with E-state index in [2.05, 4.69) is 61.6 Å². The number of hydrogen-bond donors (Lipinski definition) is 1. The summed E-state index contributed by atoms with van der Waals surface area (Å²) in [4.78, 5) is 0. The number of nitrogens with one attached hydrogen (secondary N) is 1. The highest BCUT2D eigenvalue weighted by Gasteiger charge is 2.10. The van der Waals surface area contributed by atoms with Gasteiger partial charge in [0.05, 0.1) is 5.69 Å². The molecule has 1 heterocycles. The molecule has 0 saturated carbocycles. The fourth-order valence-corrected chi connectivity index (χ4v) is 2.57. The van der Waals surface area contributed by atoms with Crippen molar-refractivity contribution in [3.63, 3.8) is 0 Å². The van der Waals surface area contributed by atoms with Crippen molar-refractivity contribution in [2.75, 3.05) is 6.54 Å². The van der Waals surface area contributed by atoms with Crippen molar-refractivity contribution < 1.29 is 0 Å². The molecule has 0 fully saturated rings. The van der Waals surface area contributed by atoms with E-state index in [1.54, 1.807) is 0 Å². The predicted molar refractivity (Wildman–Crippen MR) is 84.7 cm³/mol. The SMILES string of the molecule is CCCc1nn(C)cc1-c1ccc(C(C)NCC)cc1. The van der Waals surface area contributed by atoms with E-state index in [0.29, 0.717) is 6.04 Å². The van der Waals surface area contributed by atoms with Gasteiger partial charge in [0.2, 0.25) is 0 Å². The zero-order chi connectivity index (χ0) is 14.5. The molecule has 1 N–H and O–H groups in total. The van der Waals surface area contributed by atoms with Crippen LogP contribution in [0.2, 0.25) is 0 Å². The van der Waals surface area contributed by atoms with Crippen LogP contribution < -0.4 is 5.32 Å². The van der Waals surface area contributed by atoms with Crippen molar-refractivity contribution >= 4 is 0 Å². The molecule has 0 radical (unpaired) electrons. The van der Waals surface area contributed by atoms with E-state index in [1.165, 1.54) is 22.4 Å². The van der Waals surface area contributed by atoms with Crippen molar-refractivity contribution in [2.24, 2.45) is 7.05 Å². The Morgan fingerprint density at radius 3 is 2.50 bits per heavy atom. The van der Waals surface area contributed by atoms with E-state index in [4.69, 9.17) is 0 Å². The van der Waals surface area contributed by atoms with E-state index in [1.807, 2.05) is 11.7 Å². The monoisotopic (exact) mass is 271 g/mol. The van der Waals surface area contributed by atoms with Gasteiger partial charge in [-0.1, -0.05) is 44.5 Å². The van der Waals surface area contributed by atoms with Crippen LogP contribution >= 0.6 is 0 Å². The molecule has 0 aliphatic rings. The van der Waals surface area contributed by atoms with Crippen LogP contribution in [0.1, 0.15) is 44.5 Å². The van der Waals surface area contributed by atoms with Crippen LogP contribution in [0.3, 0.4) is 0 Å². The third-order valence-electron chi connectivity index (χ3n) is 3.62. The Kier molecular flexibility index (Phi) is 4.96. The molecular formula is C17H25N3. The lowest BCUT2D eigenvalue weighted by Gasteiger charge is -2.13. The third-order valence-corrected chi connectivity index (χ3v) is 3.62. The average molecular weight is 271 g/mol. The van der Waals surface area contributed by atoms with Gasteiger partial charge in [-0.05, 0) is 31.0 Å². The standard InChI is InChI=1S/C17H25N3/c1-5-7-17-16(12-20(4)19-17)15-10-8-14(9-11-15)13(3)18-6-2/h8-13,18H,5-7H2,1-4H3. The Morgan fingerprint density at radius 2 is 1.90 bits per heavy atom. The maximum absolute atomic E-state index is 4.57. The summed E-state index contributed by atoms with van der Waals surface area (Å²) in [7, 11) is 1.99. The fraction of sp³-hybridized carbons (Fsp3) is 0.471. The lowest BCUT2D eigenvalue weighted by atomic mass is 10.0. The number of aryl methyl sites for hydroxylation is 2. The molecule has 0 spiro atoms. The van der Waals surface area contributed by atoms with Crippen LogP contribution in [0.15, 0.2) is 30.5 Å². The summed E-state index contributed by atoms with van der Waals surface area (Å²) in [5.41, 5.74) is 5.05. The van der Waals surface area contributed by atoms with Crippen LogP contribution in [0, 0.1) is 0 Å². The van der Waals surface area contributed by atoms with E-state index < -0.39 is 0 Å². The Labute approximate surface area is 122 Å². The van der Waals surface area contributed by atoms with Gasteiger partial charge in [0.15, 0.2) is 0 Å². The lowest BCUT2D eigenvalue weighted by molar-refractivity contribution is 0.598. The van der Waals surface area contributed by atoms with Crippen LogP contribution in [0.25, 0.3) is 11.1 Å². The van der Waals surface area contributed by atoms with Gasteiger partial charge in [0, 0.05) is 24.8 Å². The molecule has 20 heavy (non-hydrogen) atoms. The van der Waals surface area contributed by atoms with Gasteiger partial charge < -0.3 is 5.32 Å². The van der Waals surface area contributed by atoms with Crippen molar-refractivity contribution in [1.29, 1.82) is 0 Å². The van der Waals surface area contributed by atoms with Gasteiger partial charge in [0.1, 0.15) is 0 Å². The first-order valence-corrected chi connectivity index (χ1v) is 7.52. The molecule has 0 saturated heterocycles. The number of aromatic nitrogens is 2. The van der Waals surface area contributed by atoms with Crippen molar-refractivity contribution in [3.8, 4) is 11.1 Å². The summed E-state index contributed by atoms with van der Waals surface area (Å²) in [5, 5.41) is 8.01. The lowest BCUT2D eigenvalue weighted by Crippen LogP contribution is -2.17. The van der Waals surface area contributed by atoms with Crippen molar-refractivity contribution in [1.82, 2.24) is 15.1 Å². The molecule has 2 rings (SSSR count). The van der Waals surface area contributed by atoms with E-state index >= 15 is 0 Å². The molecule has 0 bridgehead atoms. The second-order valence-electron chi connectivity index (χ2n) is 5.31. The van der Waals surface area contributed by atoms with Crippen molar-refractivity contribution in [2.45, 2.75) is 39.7 Å². The second kappa shape index (κ2) is 6.71. The van der Waals surface area contributed by atoms with Crippen LogP contribution in [0.4, 0.5) is 0 Å². The highest BCUT2D eigenvalue weighted by molar-refractivity contribution is 5.65. The smallest absolute Gasteiger partial charge is 0.0702 e. The number of benzene rings is 1. The molecule has 0 aliphatic heterocycles. The third kappa shape index (κ3) is 3.28. The molecule has 1 atom stereocenters. The summed E-state index contributed by atoms with van der Waals surface area (Å²) < 4.78 is 1.91. The summed E-state index contributed by atoms with van der Waals surface area (Å²) in [5.74, 6) is 0. The molecule has 0 aliphatic carbocycles. The summed E-state index contributed by atoms with van der Waals surface area (Å²) in [6, 6.07) is 9.24. The molecule has 2 aromatic rings. The van der Waals surface area contributed by atoms with Crippen LogP contribution in [-0.2, 0) is 13.5 Å². The van der Waals surface area contributed by atoms with Gasteiger partial charge in [0.25, 0.3) is 0 Å². The molecule has 1 unspecified atom stereocenters.